The molecule has 7 nitrogen and oxygen atoms in total. The Labute approximate surface area is 109 Å². The summed E-state index contributed by atoms with van der Waals surface area (Å²) in [5.41, 5.74) is -0.116. The molecule has 0 spiro atoms. The van der Waals surface area contributed by atoms with Crippen LogP contribution in [0.3, 0.4) is 0 Å². The number of nitrogens with zero attached hydrogens (tertiary/aromatic N) is 1. The fraction of sp³-hybridized carbons (Fsp3) is 0.417. The number of amides is 1. The van der Waals surface area contributed by atoms with E-state index in [0.717, 1.165) is 18.9 Å². The number of anilines is 1. The lowest BCUT2D eigenvalue weighted by atomic mass is 10.2. The summed E-state index contributed by atoms with van der Waals surface area (Å²) in [5, 5.41) is 25.8. The quantitative estimate of drug-likeness (QED) is 0.409. The predicted octanol–water partition coefficient (Wildman–Crippen LogP) is 1.38. The van der Waals surface area contributed by atoms with Crippen LogP contribution in [0.2, 0.25) is 0 Å². The van der Waals surface area contributed by atoms with Gasteiger partial charge >= 0.3 is 0 Å². The van der Waals surface area contributed by atoms with Crippen molar-refractivity contribution >= 4 is 17.3 Å². The van der Waals surface area contributed by atoms with Gasteiger partial charge < -0.3 is 15.7 Å². The van der Waals surface area contributed by atoms with E-state index in [1.54, 1.807) is 0 Å². The van der Waals surface area contributed by atoms with Gasteiger partial charge in [-0.05, 0) is 18.9 Å². The average Bonchev–Trinajstić information content (AvgIpc) is 3.15. The lowest BCUT2D eigenvalue weighted by Crippen LogP contribution is -2.23. The van der Waals surface area contributed by atoms with E-state index in [1.165, 1.54) is 12.1 Å². The Balaban J connectivity index is 1.90. The lowest BCUT2D eigenvalue weighted by molar-refractivity contribution is -0.384. The van der Waals surface area contributed by atoms with Crippen molar-refractivity contribution in [2.75, 3.05) is 11.9 Å². The molecule has 0 heterocycles. The zero-order chi connectivity index (χ0) is 13.8. The zero-order valence-electron chi connectivity index (χ0n) is 10.3. The van der Waals surface area contributed by atoms with Crippen LogP contribution in [0.25, 0.3) is 0 Å². The van der Waals surface area contributed by atoms with Gasteiger partial charge in [-0.2, -0.15) is 0 Å². The Hall–Kier alpha value is -2.15. The first-order valence-electron chi connectivity index (χ1n) is 6.07. The van der Waals surface area contributed by atoms with E-state index in [4.69, 9.17) is 0 Å². The normalized spacial score (nSPS) is 14.1. The largest absolute Gasteiger partial charge is 0.506 e. The molecule has 0 aliphatic heterocycles. The van der Waals surface area contributed by atoms with Gasteiger partial charge in [-0.1, -0.05) is 0 Å². The highest BCUT2D eigenvalue weighted by Gasteiger charge is 2.20. The predicted molar refractivity (Wildman–Crippen MR) is 69.0 cm³/mol. The van der Waals surface area contributed by atoms with Crippen molar-refractivity contribution in [2.24, 2.45) is 0 Å². The van der Waals surface area contributed by atoms with Crippen molar-refractivity contribution in [2.45, 2.75) is 25.3 Å². The van der Waals surface area contributed by atoms with Crippen molar-refractivity contribution in [3.8, 4) is 5.75 Å². The molecule has 0 unspecified atom stereocenters. The maximum Gasteiger partial charge on any atom is 0.271 e. The number of nitro benzene ring substituents is 1. The van der Waals surface area contributed by atoms with Crippen molar-refractivity contribution in [3.05, 3.63) is 28.3 Å². The number of non-ortho nitro benzene ring substituents is 1. The monoisotopic (exact) mass is 265 g/mol. The van der Waals surface area contributed by atoms with Crippen LogP contribution in [0.4, 0.5) is 11.4 Å². The molecule has 2 rings (SSSR count). The van der Waals surface area contributed by atoms with E-state index in [-0.39, 0.29) is 29.5 Å². The molecule has 1 aliphatic rings. The number of carbonyl (C=O) groups is 1. The number of benzene rings is 1. The molecule has 0 radical (unpaired) electrons. The molecule has 19 heavy (non-hydrogen) atoms. The molecule has 1 aliphatic carbocycles. The Bertz CT molecular complexity index is 500. The van der Waals surface area contributed by atoms with Crippen molar-refractivity contribution in [1.82, 2.24) is 5.32 Å². The van der Waals surface area contributed by atoms with Gasteiger partial charge in [0.2, 0.25) is 5.91 Å². The molecule has 7 heteroatoms. The first-order chi connectivity index (χ1) is 9.06. The van der Waals surface area contributed by atoms with E-state index in [2.05, 4.69) is 10.6 Å². The van der Waals surface area contributed by atoms with Crippen LogP contribution < -0.4 is 10.6 Å². The van der Waals surface area contributed by atoms with E-state index < -0.39 is 4.92 Å². The second-order valence-corrected chi connectivity index (χ2v) is 4.49. The average molecular weight is 265 g/mol. The number of nitro groups is 1. The van der Waals surface area contributed by atoms with Crippen LogP contribution in [0.15, 0.2) is 18.2 Å². The van der Waals surface area contributed by atoms with Gasteiger partial charge in [0.25, 0.3) is 5.69 Å². The number of phenols is 1. The lowest BCUT2D eigenvalue weighted by Gasteiger charge is -2.07. The summed E-state index contributed by atoms with van der Waals surface area (Å²) in [5.74, 6) is -0.474. The maximum atomic E-state index is 11.6. The first-order valence-corrected chi connectivity index (χ1v) is 6.07. The number of hydrogen-bond donors (Lipinski definition) is 3. The summed E-state index contributed by atoms with van der Waals surface area (Å²) in [6.07, 6.45) is 2.55. The Morgan fingerprint density at radius 1 is 1.47 bits per heavy atom. The highest BCUT2D eigenvalue weighted by atomic mass is 16.6. The van der Waals surface area contributed by atoms with E-state index in [0.29, 0.717) is 12.6 Å². The number of rotatable bonds is 6. The van der Waals surface area contributed by atoms with Gasteiger partial charge in [0.15, 0.2) is 0 Å². The number of carbonyl (C=O) groups excluding carboxylic acids is 1. The smallest absolute Gasteiger partial charge is 0.271 e. The molecule has 1 fully saturated rings. The SMILES string of the molecule is O=C(CCNC1CC1)Nc1cc([N+](=O)[O-])ccc1O. The molecule has 0 bridgehead atoms. The minimum atomic E-state index is -0.580. The Morgan fingerprint density at radius 2 is 2.21 bits per heavy atom. The van der Waals surface area contributed by atoms with Crippen LogP contribution in [-0.4, -0.2) is 28.5 Å². The number of hydrogen-bond acceptors (Lipinski definition) is 5. The molecule has 1 saturated carbocycles. The Kier molecular flexibility index (Phi) is 3.96. The zero-order valence-corrected chi connectivity index (χ0v) is 10.3. The van der Waals surface area contributed by atoms with Gasteiger partial charge in [0.1, 0.15) is 5.75 Å². The molecular weight excluding hydrogens is 250 g/mol. The fourth-order valence-electron chi connectivity index (χ4n) is 1.63. The fourth-order valence-corrected chi connectivity index (χ4v) is 1.63. The minimum absolute atomic E-state index is 0.0608. The second kappa shape index (κ2) is 5.66. The van der Waals surface area contributed by atoms with Crippen molar-refractivity contribution < 1.29 is 14.8 Å². The van der Waals surface area contributed by atoms with E-state index >= 15 is 0 Å². The summed E-state index contributed by atoms with van der Waals surface area (Å²) in [6, 6.07) is 4.04. The van der Waals surface area contributed by atoms with Gasteiger partial charge in [-0.3, -0.25) is 14.9 Å². The number of aromatic hydroxyl groups is 1. The maximum absolute atomic E-state index is 11.6. The van der Waals surface area contributed by atoms with E-state index in [1.807, 2.05) is 0 Å². The molecule has 1 amide bonds. The third kappa shape index (κ3) is 3.92. The van der Waals surface area contributed by atoms with Gasteiger partial charge in [0.05, 0.1) is 10.6 Å². The third-order valence-electron chi connectivity index (χ3n) is 2.83. The second-order valence-electron chi connectivity index (χ2n) is 4.49. The number of nitrogens with one attached hydrogen (secondary N) is 2. The third-order valence-corrected chi connectivity index (χ3v) is 2.83. The molecular formula is C12H15N3O4. The van der Waals surface area contributed by atoms with Gasteiger partial charge in [0, 0.05) is 31.1 Å². The summed E-state index contributed by atoms with van der Waals surface area (Å²) >= 11 is 0. The number of phenolic OH excluding ortho intramolecular Hbond substituents is 1. The van der Waals surface area contributed by atoms with E-state index in [9.17, 15) is 20.0 Å². The molecule has 3 N–H and O–H groups in total. The van der Waals surface area contributed by atoms with Crippen molar-refractivity contribution in [1.29, 1.82) is 0 Å². The van der Waals surface area contributed by atoms with Crippen LogP contribution in [0.1, 0.15) is 19.3 Å². The molecule has 1 aromatic carbocycles. The highest BCUT2D eigenvalue weighted by molar-refractivity contribution is 5.92. The molecule has 102 valence electrons. The summed E-state index contributed by atoms with van der Waals surface area (Å²) in [7, 11) is 0. The molecule has 0 saturated heterocycles. The van der Waals surface area contributed by atoms with Crippen LogP contribution in [0, 0.1) is 10.1 Å². The molecule has 0 aromatic heterocycles. The molecule has 1 aromatic rings. The van der Waals surface area contributed by atoms with Crippen LogP contribution >= 0.6 is 0 Å². The van der Waals surface area contributed by atoms with Crippen molar-refractivity contribution in [3.63, 3.8) is 0 Å². The summed E-state index contributed by atoms with van der Waals surface area (Å²) < 4.78 is 0. The molecule has 0 atom stereocenters. The van der Waals surface area contributed by atoms with Gasteiger partial charge in [-0.15, -0.1) is 0 Å². The highest BCUT2D eigenvalue weighted by Crippen LogP contribution is 2.27. The van der Waals surface area contributed by atoms with Crippen LogP contribution in [0.5, 0.6) is 5.75 Å². The minimum Gasteiger partial charge on any atom is -0.506 e. The van der Waals surface area contributed by atoms with Crippen LogP contribution in [-0.2, 0) is 4.79 Å². The first kappa shape index (κ1) is 13.3. The Morgan fingerprint density at radius 3 is 2.84 bits per heavy atom. The standard InChI is InChI=1S/C12H15N3O4/c16-11-4-3-9(15(18)19)7-10(11)14-12(17)5-6-13-8-1-2-8/h3-4,7-8,13,16H,1-2,5-6H2,(H,14,17). The van der Waals surface area contributed by atoms with Gasteiger partial charge in [-0.25, -0.2) is 0 Å². The summed E-state index contributed by atoms with van der Waals surface area (Å²) in [4.78, 5) is 21.6. The topological polar surface area (TPSA) is 104 Å². The summed E-state index contributed by atoms with van der Waals surface area (Å²) in [6.45, 7) is 0.562.